The van der Waals surface area contributed by atoms with Gasteiger partial charge in [0, 0.05) is 12.8 Å². The number of hydrogen-bond acceptors (Lipinski definition) is 1. The molecule has 2 heteroatoms. The van der Waals surface area contributed by atoms with Gasteiger partial charge in [-0.25, -0.2) is 6.57 Å². The predicted octanol–water partition coefficient (Wildman–Crippen LogP) is 2.30. The van der Waals surface area contributed by atoms with Crippen LogP contribution in [0, 0.1) is 6.57 Å². The third-order valence-electron chi connectivity index (χ3n) is 2.34. The van der Waals surface area contributed by atoms with E-state index in [1.807, 2.05) is 12.1 Å². The number of para-hydroxylation sites is 1. The summed E-state index contributed by atoms with van der Waals surface area (Å²) in [5.41, 5.74) is 0.408. The van der Waals surface area contributed by atoms with Gasteiger partial charge in [0.15, 0.2) is 0 Å². The molecule has 1 aromatic carbocycles. The minimum atomic E-state index is -0.384. The molecule has 0 heterocycles. The van der Waals surface area contributed by atoms with Crippen molar-refractivity contribution in [2.24, 2.45) is 0 Å². The molecule has 0 aliphatic heterocycles. The molecule has 0 atom stereocenters. The van der Waals surface area contributed by atoms with Crippen LogP contribution in [0.3, 0.4) is 0 Å². The van der Waals surface area contributed by atoms with E-state index in [2.05, 4.69) is 4.85 Å². The molecular weight excluding hydrogens is 150 g/mol. The largest absolute Gasteiger partial charge is 0.507 e. The fraction of sp³-hybridized carbons (Fsp3) is 0.300. The quantitative estimate of drug-likeness (QED) is 0.625. The molecule has 0 radical (unpaired) electrons. The summed E-state index contributed by atoms with van der Waals surface area (Å²) in [5, 5.41) is 9.47. The van der Waals surface area contributed by atoms with Gasteiger partial charge in [-0.2, -0.15) is 0 Å². The van der Waals surface area contributed by atoms with Crippen LogP contribution in [0.1, 0.15) is 18.4 Å². The van der Waals surface area contributed by atoms with Crippen molar-refractivity contribution in [3.63, 3.8) is 0 Å². The molecule has 1 saturated carbocycles. The molecule has 60 valence electrons. The molecule has 0 bridgehead atoms. The summed E-state index contributed by atoms with van der Waals surface area (Å²) in [4.78, 5) is 3.55. The van der Waals surface area contributed by atoms with Crippen molar-refractivity contribution in [2.45, 2.75) is 18.4 Å². The minimum absolute atomic E-state index is 0.256. The van der Waals surface area contributed by atoms with E-state index in [1.54, 1.807) is 12.1 Å². The molecule has 0 aromatic heterocycles. The first-order chi connectivity index (χ1) is 5.78. The van der Waals surface area contributed by atoms with E-state index in [0.717, 1.165) is 18.4 Å². The Morgan fingerprint density at radius 3 is 2.50 bits per heavy atom. The van der Waals surface area contributed by atoms with Crippen LogP contribution in [0.25, 0.3) is 4.85 Å². The molecule has 0 saturated heterocycles. The van der Waals surface area contributed by atoms with Gasteiger partial charge in [0.2, 0.25) is 0 Å². The summed E-state index contributed by atoms with van der Waals surface area (Å²) in [6.45, 7) is 7.02. The van der Waals surface area contributed by atoms with Crippen LogP contribution in [0.2, 0.25) is 0 Å². The van der Waals surface area contributed by atoms with Gasteiger partial charge in [-0.05, 0) is 12.1 Å². The summed E-state index contributed by atoms with van der Waals surface area (Å²) in [6, 6.07) is 7.11. The van der Waals surface area contributed by atoms with Crippen LogP contribution in [-0.4, -0.2) is 5.11 Å². The lowest BCUT2D eigenvalue weighted by atomic mass is 10.1. The molecular formula is C10H9NO. The summed E-state index contributed by atoms with van der Waals surface area (Å²) in [6.07, 6.45) is 1.77. The van der Waals surface area contributed by atoms with E-state index >= 15 is 0 Å². The topological polar surface area (TPSA) is 24.6 Å². The van der Waals surface area contributed by atoms with Gasteiger partial charge in [0.05, 0.1) is 5.56 Å². The van der Waals surface area contributed by atoms with E-state index in [-0.39, 0.29) is 11.3 Å². The maximum atomic E-state index is 9.47. The van der Waals surface area contributed by atoms with Gasteiger partial charge in [-0.15, -0.1) is 0 Å². The smallest absolute Gasteiger partial charge is 0.261 e. The highest BCUT2D eigenvalue weighted by molar-refractivity contribution is 5.44. The second-order valence-electron chi connectivity index (χ2n) is 3.16. The first-order valence-corrected chi connectivity index (χ1v) is 3.96. The Morgan fingerprint density at radius 2 is 2.00 bits per heavy atom. The standard InChI is InChI=1S/C10H9NO/c1-11-10(6-7-10)8-4-2-3-5-9(8)12/h2-5,12H,6-7H2. The minimum Gasteiger partial charge on any atom is -0.507 e. The van der Waals surface area contributed by atoms with Gasteiger partial charge < -0.3 is 9.95 Å². The number of benzene rings is 1. The highest BCUT2D eigenvalue weighted by atomic mass is 16.3. The van der Waals surface area contributed by atoms with E-state index in [4.69, 9.17) is 6.57 Å². The lowest BCUT2D eigenvalue weighted by Gasteiger charge is -2.03. The second-order valence-corrected chi connectivity index (χ2v) is 3.16. The zero-order valence-corrected chi connectivity index (χ0v) is 6.62. The summed E-state index contributed by atoms with van der Waals surface area (Å²) in [5.74, 6) is 0.256. The normalized spacial score (nSPS) is 18.2. The Morgan fingerprint density at radius 1 is 1.33 bits per heavy atom. The number of nitrogens with zero attached hydrogens (tertiary/aromatic N) is 1. The Kier molecular flexibility index (Phi) is 1.34. The molecule has 1 aromatic rings. The average Bonchev–Trinajstić information content (AvgIpc) is 2.86. The fourth-order valence-corrected chi connectivity index (χ4v) is 1.43. The molecule has 2 rings (SSSR count). The highest BCUT2D eigenvalue weighted by Gasteiger charge is 2.53. The monoisotopic (exact) mass is 159 g/mol. The van der Waals surface area contributed by atoms with Crippen LogP contribution < -0.4 is 0 Å². The molecule has 12 heavy (non-hydrogen) atoms. The summed E-state index contributed by atoms with van der Waals surface area (Å²) < 4.78 is 0. The molecule has 1 aliphatic rings. The van der Waals surface area contributed by atoms with E-state index < -0.39 is 0 Å². The first kappa shape index (κ1) is 7.17. The summed E-state index contributed by atoms with van der Waals surface area (Å²) >= 11 is 0. The molecule has 2 nitrogen and oxygen atoms in total. The Balaban J connectivity index is 2.48. The molecule has 1 aliphatic carbocycles. The molecule has 0 spiro atoms. The predicted molar refractivity (Wildman–Crippen MR) is 45.6 cm³/mol. The maximum Gasteiger partial charge on any atom is 0.261 e. The molecule has 0 amide bonds. The summed E-state index contributed by atoms with van der Waals surface area (Å²) in [7, 11) is 0. The zero-order chi connectivity index (χ0) is 8.60. The number of aromatic hydroxyl groups is 1. The van der Waals surface area contributed by atoms with Crippen molar-refractivity contribution < 1.29 is 5.11 Å². The van der Waals surface area contributed by atoms with Gasteiger partial charge in [0.25, 0.3) is 5.54 Å². The van der Waals surface area contributed by atoms with Crippen molar-refractivity contribution >= 4 is 0 Å². The Labute approximate surface area is 71.3 Å². The number of phenols is 1. The maximum absolute atomic E-state index is 9.47. The second kappa shape index (κ2) is 2.25. The molecule has 0 unspecified atom stereocenters. The van der Waals surface area contributed by atoms with Crippen molar-refractivity contribution in [1.29, 1.82) is 0 Å². The molecule has 1 fully saturated rings. The van der Waals surface area contributed by atoms with Crippen LogP contribution in [0.5, 0.6) is 5.75 Å². The van der Waals surface area contributed by atoms with E-state index in [1.165, 1.54) is 0 Å². The number of rotatable bonds is 1. The third kappa shape index (κ3) is 0.868. The van der Waals surface area contributed by atoms with Crippen molar-refractivity contribution in [1.82, 2.24) is 0 Å². The van der Waals surface area contributed by atoms with Gasteiger partial charge in [-0.3, -0.25) is 0 Å². The van der Waals surface area contributed by atoms with Crippen LogP contribution >= 0.6 is 0 Å². The lowest BCUT2D eigenvalue weighted by Crippen LogP contribution is -1.98. The van der Waals surface area contributed by atoms with Gasteiger partial charge >= 0.3 is 0 Å². The van der Waals surface area contributed by atoms with Gasteiger partial charge in [-0.1, -0.05) is 12.1 Å². The van der Waals surface area contributed by atoms with Crippen molar-refractivity contribution in [3.8, 4) is 5.75 Å². The van der Waals surface area contributed by atoms with Crippen LogP contribution in [-0.2, 0) is 5.54 Å². The Bertz CT molecular complexity index is 347. The third-order valence-corrected chi connectivity index (χ3v) is 2.34. The van der Waals surface area contributed by atoms with Crippen LogP contribution in [0.4, 0.5) is 0 Å². The van der Waals surface area contributed by atoms with E-state index in [0.29, 0.717) is 0 Å². The molecule has 1 N–H and O–H groups in total. The highest BCUT2D eigenvalue weighted by Crippen LogP contribution is 2.52. The number of phenolic OH excluding ortho intramolecular Hbond substituents is 1. The number of hydrogen-bond donors (Lipinski definition) is 1. The lowest BCUT2D eigenvalue weighted by molar-refractivity contribution is 0.464. The average molecular weight is 159 g/mol. The van der Waals surface area contributed by atoms with Crippen molar-refractivity contribution in [2.75, 3.05) is 0 Å². The van der Waals surface area contributed by atoms with E-state index in [9.17, 15) is 5.11 Å². The zero-order valence-electron chi connectivity index (χ0n) is 6.62. The van der Waals surface area contributed by atoms with Crippen LogP contribution in [0.15, 0.2) is 24.3 Å². The van der Waals surface area contributed by atoms with Gasteiger partial charge in [0.1, 0.15) is 5.75 Å². The SMILES string of the molecule is [C-]#[N+]C1(c2ccccc2O)CC1. The first-order valence-electron chi connectivity index (χ1n) is 3.96. The Hall–Kier alpha value is -1.49. The fourth-order valence-electron chi connectivity index (χ4n) is 1.43. The van der Waals surface area contributed by atoms with Crippen molar-refractivity contribution in [3.05, 3.63) is 41.2 Å².